The van der Waals surface area contributed by atoms with Crippen LogP contribution < -0.4 is 10.1 Å². The number of carbonyl (C=O) groups excluding carboxylic acids is 1. The van der Waals surface area contributed by atoms with Crippen LogP contribution in [0.2, 0.25) is 0 Å². The number of aromatic nitrogens is 3. The number of ether oxygens (including phenoxy) is 1. The van der Waals surface area contributed by atoms with E-state index in [1.807, 2.05) is 6.92 Å². The Labute approximate surface area is 124 Å². The normalized spacial score (nSPS) is 10.7. The Morgan fingerprint density at radius 1 is 1.43 bits per heavy atom. The van der Waals surface area contributed by atoms with Crippen molar-refractivity contribution in [1.82, 2.24) is 14.8 Å². The summed E-state index contributed by atoms with van der Waals surface area (Å²) in [5, 5.41) is 6.89. The molecular weight excluding hydrogens is 268 g/mol. The van der Waals surface area contributed by atoms with Crippen molar-refractivity contribution < 1.29 is 9.53 Å². The summed E-state index contributed by atoms with van der Waals surface area (Å²) < 4.78 is 7.15. The fourth-order valence-electron chi connectivity index (χ4n) is 1.66. The van der Waals surface area contributed by atoms with Gasteiger partial charge in [-0.05, 0) is 25.0 Å². The number of pyridine rings is 1. The number of nitrogens with zero attached hydrogens (tertiary/aromatic N) is 3. The average Bonchev–Trinajstić information content (AvgIpc) is 2.78. The number of hydrogen-bond donors (Lipinski definition) is 1. The fourth-order valence-corrected chi connectivity index (χ4v) is 1.66. The van der Waals surface area contributed by atoms with E-state index in [2.05, 4.69) is 29.2 Å². The van der Waals surface area contributed by atoms with Crippen LogP contribution in [-0.2, 0) is 7.05 Å². The Bertz CT molecular complexity index is 598. The highest BCUT2D eigenvalue weighted by Gasteiger charge is 2.11. The van der Waals surface area contributed by atoms with Gasteiger partial charge in [0.05, 0.1) is 18.5 Å². The van der Waals surface area contributed by atoms with Gasteiger partial charge in [0, 0.05) is 18.8 Å². The van der Waals surface area contributed by atoms with E-state index >= 15 is 0 Å². The molecule has 2 rings (SSSR count). The van der Waals surface area contributed by atoms with E-state index in [4.69, 9.17) is 4.74 Å². The highest BCUT2D eigenvalue weighted by molar-refractivity contribution is 6.02. The van der Waals surface area contributed by atoms with E-state index in [9.17, 15) is 4.79 Å². The van der Waals surface area contributed by atoms with E-state index in [1.54, 1.807) is 36.1 Å². The average molecular weight is 288 g/mol. The van der Waals surface area contributed by atoms with Crippen molar-refractivity contribution >= 4 is 11.6 Å². The van der Waals surface area contributed by atoms with Crippen LogP contribution in [0.25, 0.3) is 0 Å². The molecule has 0 atom stereocenters. The number of aryl methyl sites for hydroxylation is 2. The number of nitrogens with one attached hydrogen (secondary N) is 1. The molecule has 0 unspecified atom stereocenters. The zero-order valence-electron chi connectivity index (χ0n) is 12.8. The van der Waals surface area contributed by atoms with E-state index < -0.39 is 0 Å². The van der Waals surface area contributed by atoms with Gasteiger partial charge in [-0.1, -0.05) is 13.8 Å². The van der Waals surface area contributed by atoms with Crippen molar-refractivity contribution in [3.63, 3.8) is 0 Å². The first-order chi connectivity index (χ1) is 9.95. The van der Waals surface area contributed by atoms with Crippen LogP contribution in [0.15, 0.2) is 24.4 Å². The van der Waals surface area contributed by atoms with Gasteiger partial charge in [-0.25, -0.2) is 4.98 Å². The third kappa shape index (κ3) is 4.05. The van der Waals surface area contributed by atoms with Gasteiger partial charge in [-0.2, -0.15) is 5.10 Å². The largest absolute Gasteiger partial charge is 0.477 e. The first-order valence-electron chi connectivity index (χ1n) is 6.86. The molecule has 0 aliphatic heterocycles. The molecular formula is C15H20N4O2. The van der Waals surface area contributed by atoms with Crippen LogP contribution in [0.5, 0.6) is 5.88 Å². The quantitative estimate of drug-likeness (QED) is 0.917. The summed E-state index contributed by atoms with van der Waals surface area (Å²) in [5.74, 6) is 0.741. The van der Waals surface area contributed by atoms with Crippen molar-refractivity contribution in [1.29, 1.82) is 0 Å². The maximum absolute atomic E-state index is 12.0. The fraction of sp³-hybridized carbons (Fsp3) is 0.400. The first kappa shape index (κ1) is 15.0. The smallest absolute Gasteiger partial charge is 0.276 e. The van der Waals surface area contributed by atoms with Gasteiger partial charge in [0.15, 0.2) is 5.69 Å². The molecule has 0 saturated carbocycles. The number of hydrogen-bond acceptors (Lipinski definition) is 4. The molecule has 2 aromatic heterocycles. The minimum Gasteiger partial charge on any atom is -0.477 e. The Hall–Kier alpha value is -2.37. The zero-order valence-corrected chi connectivity index (χ0v) is 12.8. The molecule has 6 heteroatoms. The summed E-state index contributed by atoms with van der Waals surface area (Å²) in [6.07, 6.45) is 1.57. The van der Waals surface area contributed by atoms with Crippen molar-refractivity contribution in [2.45, 2.75) is 20.8 Å². The molecule has 0 radical (unpaired) electrons. The SMILES string of the molecule is Cc1cc(C(=O)Nc2ccc(OCC(C)C)nc2)nn1C. The van der Waals surface area contributed by atoms with Crippen LogP contribution in [-0.4, -0.2) is 27.3 Å². The van der Waals surface area contributed by atoms with Gasteiger partial charge >= 0.3 is 0 Å². The predicted octanol–water partition coefficient (Wildman–Crippen LogP) is 2.41. The molecule has 0 saturated heterocycles. The minimum atomic E-state index is -0.253. The molecule has 0 aliphatic carbocycles. The second-order valence-corrected chi connectivity index (χ2v) is 5.34. The standard InChI is InChI=1S/C15H20N4O2/c1-10(2)9-21-14-6-5-12(8-16-14)17-15(20)13-7-11(3)19(4)18-13/h5-8,10H,9H2,1-4H3,(H,17,20). The van der Waals surface area contributed by atoms with E-state index in [0.717, 1.165) is 5.69 Å². The van der Waals surface area contributed by atoms with Gasteiger partial charge < -0.3 is 10.1 Å². The Morgan fingerprint density at radius 3 is 2.71 bits per heavy atom. The number of rotatable bonds is 5. The van der Waals surface area contributed by atoms with Crippen molar-refractivity contribution in [2.75, 3.05) is 11.9 Å². The third-order valence-corrected chi connectivity index (χ3v) is 2.91. The van der Waals surface area contributed by atoms with Crippen molar-refractivity contribution in [3.8, 4) is 5.88 Å². The lowest BCUT2D eigenvalue weighted by Crippen LogP contribution is -2.13. The van der Waals surface area contributed by atoms with Crippen LogP contribution in [0, 0.1) is 12.8 Å². The lowest BCUT2D eigenvalue weighted by Gasteiger charge is -2.08. The van der Waals surface area contributed by atoms with E-state index in [0.29, 0.717) is 29.8 Å². The molecule has 0 aromatic carbocycles. The lowest BCUT2D eigenvalue weighted by molar-refractivity contribution is 0.102. The molecule has 6 nitrogen and oxygen atoms in total. The summed E-state index contributed by atoms with van der Waals surface area (Å²) in [7, 11) is 1.80. The summed E-state index contributed by atoms with van der Waals surface area (Å²) in [5.41, 5.74) is 1.92. The molecule has 21 heavy (non-hydrogen) atoms. The molecule has 1 amide bonds. The molecule has 112 valence electrons. The van der Waals surface area contributed by atoms with Crippen LogP contribution in [0.1, 0.15) is 30.0 Å². The van der Waals surface area contributed by atoms with Crippen LogP contribution in [0.4, 0.5) is 5.69 Å². The topological polar surface area (TPSA) is 69.0 Å². The highest BCUT2D eigenvalue weighted by Crippen LogP contribution is 2.13. The monoisotopic (exact) mass is 288 g/mol. The number of amides is 1. The van der Waals surface area contributed by atoms with Crippen LogP contribution >= 0.6 is 0 Å². The number of anilines is 1. The first-order valence-corrected chi connectivity index (χ1v) is 6.86. The van der Waals surface area contributed by atoms with Gasteiger partial charge in [-0.3, -0.25) is 9.48 Å². The molecule has 0 bridgehead atoms. The van der Waals surface area contributed by atoms with Gasteiger partial charge in [0.25, 0.3) is 5.91 Å². The lowest BCUT2D eigenvalue weighted by atomic mass is 10.2. The molecule has 0 fully saturated rings. The molecule has 2 aromatic rings. The second-order valence-electron chi connectivity index (χ2n) is 5.34. The molecule has 1 N–H and O–H groups in total. The van der Waals surface area contributed by atoms with Gasteiger partial charge in [0.2, 0.25) is 5.88 Å². The third-order valence-electron chi connectivity index (χ3n) is 2.91. The summed E-state index contributed by atoms with van der Waals surface area (Å²) in [6.45, 7) is 6.66. The molecule has 2 heterocycles. The van der Waals surface area contributed by atoms with Crippen molar-refractivity contribution in [3.05, 3.63) is 35.8 Å². The Balaban J connectivity index is 1.98. The second kappa shape index (κ2) is 6.39. The van der Waals surface area contributed by atoms with E-state index in [1.165, 1.54) is 0 Å². The number of carbonyl (C=O) groups is 1. The molecule has 0 spiro atoms. The van der Waals surface area contributed by atoms with Gasteiger partial charge in [-0.15, -0.1) is 0 Å². The highest BCUT2D eigenvalue weighted by atomic mass is 16.5. The van der Waals surface area contributed by atoms with Gasteiger partial charge in [0.1, 0.15) is 0 Å². The summed E-state index contributed by atoms with van der Waals surface area (Å²) >= 11 is 0. The maximum Gasteiger partial charge on any atom is 0.276 e. The Morgan fingerprint density at radius 2 is 2.19 bits per heavy atom. The summed E-state index contributed by atoms with van der Waals surface area (Å²) in [6, 6.07) is 5.24. The zero-order chi connectivity index (χ0) is 15.4. The van der Waals surface area contributed by atoms with Crippen LogP contribution in [0.3, 0.4) is 0 Å². The molecule has 0 aliphatic rings. The maximum atomic E-state index is 12.0. The van der Waals surface area contributed by atoms with E-state index in [-0.39, 0.29) is 5.91 Å². The predicted molar refractivity (Wildman–Crippen MR) is 80.5 cm³/mol. The Kier molecular flexibility index (Phi) is 4.57. The summed E-state index contributed by atoms with van der Waals surface area (Å²) in [4.78, 5) is 16.2. The van der Waals surface area contributed by atoms with Crippen molar-refractivity contribution in [2.24, 2.45) is 13.0 Å². The minimum absolute atomic E-state index is 0.253.